The Bertz CT molecular complexity index is 327. The molecule has 0 aromatic carbocycles. The van der Waals surface area contributed by atoms with E-state index in [0.717, 1.165) is 18.5 Å². The molecule has 2 N–H and O–H groups in total. The molecule has 1 aromatic rings. The molecular weight excluding hydrogens is 204 g/mol. The van der Waals surface area contributed by atoms with Gasteiger partial charge in [0.05, 0.1) is 24.4 Å². The number of rotatable bonds is 5. The zero-order chi connectivity index (χ0) is 12.2. The molecule has 0 unspecified atom stereocenters. The summed E-state index contributed by atoms with van der Waals surface area (Å²) in [5.41, 5.74) is 6.65. The molecule has 1 rings (SSSR count). The van der Waals surface area contributed by atoms with Crippen LogP contribution in [-0.2, 0) is 17.7 Å². The van der Waals surface area contributed by atoms with Gasteiger partial charge in [-0.2, -0.15) is 0 Å². The Morgan fingerprint density at radius 3 is 2.62 bits per heavy atom. The SMILES string of the molecule is CCCc1c(N)nnn1CCOC(C)(C)C. The van der Waals surface area contributed by atoms with Crippen LogP contribution >= 0.6 is 0 Å². The van der Waals surface area contributed by atoms with Gasteiger partial charge in [-0.3, -0.25) is 0 Å². The molecular formula is C11H22N4O. The lowest BCUT2D eigenvalue weighted by Crippen LogP contribution is -2.22. The molecule has 92 valence electrons. The van der Waals surface area contributed by atoms with Gasteiger partial charge in [-0.1, -0.05) is 18.6 Å². The van der Waals surface area contributed by atoms with Gasteiger partial charge in [0.15, 0.2) is 5.82 Å². The van der Waals surface area contributed by atoms with E-state index in [1.165, 1.54) is 0 Å². The molecule has 16 heavy (non-hydrogen) atoms. The summed E-state index contributed by atoms with van der Waals surface area (Å²) in [5.74, 6) is 0.539. The number of nitrogens with two attached hydrogens (primary N) is 1. The molecule has 0 saturated heterocycles. The van der Waals surface area contributed by atoms with Gasteiger partial charge < -0.3 is 10.5 Å². The van der Waals surface area contributed by atoms with Gasteiger partial charge in [0.25, 0.3) is 0 Å². The Morgan fingerprint density at radius 2 is 2.06 bits per heavy atom. The van der Waals surface area contributed by atoms with Crippen LogP contribution in [0.5, 0.6) is 0 Å². The quantitative estimate of drug-likeness (QED) is 0.828. The summed E-state index contributed by atoms with van der Waals surface area (Å²) in [6, 6.07) is 0. The number of anilines is 1. The van der Waals surface area contributed by atoms with Crippen LogP contribution < -0.4 is 5.73 Å². The number of hydrogen-bond acceptors (Lipinski definition) is 4. The van der Waals surface area contributed by atoms with Crippen LogP contribution in [0.1, 0.15) is 39.8 Å². The van der Waals surface area contributed by atoms with Gasteiger partial charge in [0.2, 0.25) is 0 Å². The smallest absolute Gasteiger partial charge is 0.169 e. The first-order valence-corrected chi connectivity index (χ1v) is 5.76. The molecule has 0 saturated carbocycles. The Balaban J connectivity index is 2.53. The minimum atomic E-state index is -0.114. The molecule has 5 nitrogen and oxygen atoms in total. The van der Waals surface area contributed by atoms with Crippen molar-refractivity contribution in [2.75, 3.05) is 12.3 Å². The Hall–Kier alpha value is -1.10. The second-order valence-electron chi connectivity index (χ2n) is 4.86. The summed E-state index contributed by atoms with van der Waals surface area (Å²) in [5, 5.41) is 7.90. The minimum absolute atomic E-state index is 0.114. The van der Waals surface area contributed by atoms with Crippen LogP contribution in [-0.4, -0.2) is 27.2 Å². The fourth-order valence-electron chi connectivity index (χ4n) is 1.46. The van der Waals surface area contributed by atoms with Gasteiger partial charge in [-0.05, 0) is 27.2 Å². The van der Waals surface area contributed by atoms with Crippen molar-refractivity contribution in [3.63, 3.8) is 0 Å². The predicted octanol–water partition coefficient (Wildman–Crippen LogP) is 1.63. The van der Waals surface area contributed by atoms with Gasteiger partial charge in [-0.15, -0.1) is 5.10 Å². The second kappa shape index (κ2) is 5.30. The van der Waals surface area contributed by atoms with Gasteiger partial charge in [0.1, 0.15) is 0 Å². The monoisotopic (exact) mass is 226 g/mol. The molecule has 5 heteroatoms. The van der Waals surface area contributed by atoms with E-state index in [1.54, 1.807) is 0 Å². The lowest BCUT2D eigenvalue weighted by molar-refractivity contribution is -0.00830. The fourth-order valence-corrected chi connectivity index (χ4v) is 1.46. The fraction of sp³-hybridized carbons (Fsp3) is 0.818. The van der Waals surface area contributed by atoms with Crippen LogP contribution in [0.4, 0.5) is 5.82 Å². The van der Waals surface area contributed by atoms with Crippen molar-refractivity contribution in [3.8, 4) is 0 Å². The number of nitrogens with zero attached hydrogens (tertiary/aromatic N) is 3. The maximum Gasteiger partial charge on any atom is 0.169 e. The van der Waals surface area contributed by atoms with Crippen molar-refractivity contribution in [2.24, 2.45) is 0 Å². The summed E-state index contributed by atoms with van der Waals surface area (Å²) < 4.78 is 7.48. The van der Waals surface area contributed by atoms with E-state index in [-0.39, 0.29) is 5.60 Å². The zero-order valence-corrected chi connectivity index (χ0v) is 10.7. The minimum Gasteiger partial charge on any atom is -0.381 e. The van der Waals surface area contributed by atoms with Crippen LogP contribution in [0.3, 0.4) is 0 Å². The summed E-state index contributed by atoms with van der Waals surface area (Å²) in [6.07, 6.45) is 1.95. The van der Waals surface area contributed by atoms with E-state index in [0.29, 0.717) is 19.0 Å². The number of hydrogen-bond donors (Lipinski definition) is 1. The molecule has 0 radical (unpaired) electrons. The number of aromatic nitrogens is 3. The highest BCUT2D eigenvalue weighted by Crippen LogP contribution is 2.11. The highest BCUT2D eigenvalue weighted by molar-refractivity contribution is 5.32. The van der Waals surface area contributed by atoms with Crippen molar-refractivity contribution < 1.29 is 4.74 Å². The topological polar surface area (TPSA) is 66.0 Å². The summed E-state index contributed by atoms with van der Waals surface area (Å²) in [6.45, 7) is 9.56. The zero-order valence-electron chi connectivity index (χ0n) is 10.7. The maximum atomic E-state index is 5.75. The average Bonchev–Trinajstić information content (AvgIpc) is 2.48. The molecule has 0 aliphatic rings. The van der Waals surface area contributed by atoms with Crippen molar-refractivity contribution >= 4 is 5.82 Å². The van der Waals surface area contributed by atoms with E-state index in [4.69, 9.17) is 10.5 Å². The predicted molar refractivity (Wildman–Crippen MR) is 64.1 cm³/mol. The van der Waals surface area contributed by atoms with E-state index >= 15 is 0 Å². The Labute approximate surface area is 97.0 Å². The normalized spacial score (nSPS) is 12.0. The molecule has 0 spiro atoms. The maximum absolute atomic E-state index is 5.75. The molecule has 1 heterocycles. The van der Waals surface area contributed by atoms with Crippen LogP contribution in [0.25, 0.3) is 0 Å². The number of nitrogen functional groups attached to an aromatic ring is 1. The molecule has 0 aliphatic heterocycles. The number of ether oxygens (including phenoxy) is 1. The molecule has 0 aliphatic carbocycles. The van der Waals surface area contributed by atoms with Crippen molar-refractivity contribution in [1.29, 1.82) is 0 Å². The summed E-state index contributed by atoms with van der Waals surface area (Å²) >= 11 is 0. The second-order valence-corrected chi connectivity index (χ2v) is 4.86. The highest BCUT2D eigenvalue weighted by atomic mass is 16.5. The van der Waals surface area contributed by atoms with E-state index in [1.807, 2.05) is 25.5 Å². The lowest BCUT2D eigenvalue weighted by atomic mass is 10.2. The van der Waals surface area contributed by atoms with E-state index in [2.05, 4.69) is 17.2 Å². The highest BCUT2D eigenvalue weighted by Gasteiger charge is 2.12. The van der Waals surface area contributed by atoms with Gasteiger partial charge in [-0.25, -0.2) is 4.68 Å². The van der Waals surface area contributed by atoms with Gasteiger partial charge in [0, 0.05) is 0 Å². The van der Waals surface area contributed by atoms with Crippen molar-refractivity contribution in [2.45, 2.75) is 52.7 Å². The van der Waals surface area contributed by atoms with Crippen LogP contribution in [0.15, 0.2) is 0 Å². The van der Waals surface area contributed by atoms with Crippen LogP contribution in [0.2, 0.25) is 0 Å². The molecule has 0 fully saturated rings. The summed E-state index contributed by atoms with van der Waals surface area (Å²) in [7, 11) is 0. The largest absolute Gasteiger partial charge is 0.381 e. The van der Waals surface area contributed by atoms with E-state index < -0.39 is 0 Å². The Morgan fingerprint density at radius 1 is 1.38 bits per heavy atom. The molecule has 0 bridgehead atoms. The third-order valence-corrected chi connectivity index (χ3v) is 2.19. The summed E-state index contributed by atoms with van der Waals surface area (Å²) in [4.78, 5) is 0. The van der Waals surface area contributed by atoms with Crippen LogP contribution in [0, 0.1) is 0 Å². The third kappa shape index (κ3) is 3.81. The first-order valence-electron chi connectivity index (χ1n) is 5.76. The van der Waals surface area contributed by atoms with Crippen molar-refractivity contribution in [1.82, 2.24) is 15.0 Å². The first kappa shape index (κ1) is 13.0. The molecule has 0 amide bonds. The average molecular weight is 226 g/mol. The molecule has 1 aromatic heterocycles. The van der Waals surface area contributed by atoms with E-state index in [9.17, 15) is 0 Å². The standard InChI is InChI=1S/C11H22N4O/c1-5-6-9-10(12)13-14-15(9)7-8-16-11(2,3)4/h5-8,12H2,1-4H3. The lowest BCUT2D eigenvalue weighted by Gasteiger charge is -2.19. The molecule has 0 atom stereocenters. The Kier molecular flexibility index (Phi) is 4.29. The third-order valence-electron chi connectivity index (χ3n) is 2.19. The first-order chi connectivity index (χ1) is 7.44. The van der Waals surface area contributed by atoms with Crippen molar-refractivity contribution in [3.05, 3.63) is 5.69 Å². The van der Waals surface area contributed by atoms with Gasteiger partial charge >= 0.3 is 0 Å².